The standard InChI is InChI=1S/C14H15FN2O3/c1-2-5-20-13-7-16-11(6-12(13)18)9-17-8-10(15)3-4-14(17)19/h3-4,6-8H,2,5,9H2,1H3,(H,16,18). The van der Waals surface area contributed by atoms with Crippen molar-refractivity contribution in [2.24, 2.45) is 0 Å². The molecular formula is C14H15FN2O3. The highest BCUT2D eigenvalue weighted by Gasteiger charge is 2.04. The van der Waals surface area contributed by atoms with Gasteiger partial charge < -0.3 is 14.3 Å². The molecule has 0 spiro atoms. The summed E-state index contributed by atoms with van der Waals surface area (Å²) in [5.41, 5.74) is -0.0956. The monoisotopic (exact) mass is 278 g/mol. The maximum Gasteiger partial charge on any atom is 0.251 e. The molecule has 106 valence electrons. The first-order chi connectivity index (χ1) is 9.60. The van der Waals surface area contributed by atoms with Crippen molar-refractivity contribution in [3.8, 4) is 5.75 Å². The molecule has 0 aromatic carbocycles. The van der Waals surface area contributed by atoms with Crippen molar-refractivity contribution in [1.82, 2.24) is 9.55 Å². The number of hydrogen-bond donors (Lipinski definition) is 1. The largest absolute Gasteiger partial charge is 0.488 e. The number of halogens is 1. The zero-order chi connectivity index (χ0) is 14.5. The van der Waals surface area contributed by atoms with E-state index in [1.54, 1.807) is 0 Å². The summed E-state index contributed by atoms with van der Waals surface area (Å²) in [6.07, 6.45) is 3.36. The second kappa shape index (κ2) is 6.18. The third-order valence-electron chi connectivity index (χ3n) is 2.69. The van der Waals surface area contributed by atoms with Crippen molar-refractivity contribution < 1.29 is 9.13 Å². The summed E-state index contributed by atoms with van der Waals surface area (Å²) in [6.45, 7) is 2.50. The van der Waals surface area contributed by atoms with E-state index >= 15 is 0 Å². The van der Waals surface area contributed by atoms with E-state index in [9.17, 15) is 14.0 Å². The van der Waals surface area contributed by atoms with Gasteiger partial charge in [-0.05, 0) is 12.5 Å². The van der Waals surface area contributed by atoms with E-state index in [4.69, 9.17) is 4.74 Å². The lowest BCUT2D eigenvalue weighted by atomic mass is 10.3. The maximum absolute atomic E-state index is 13.1. The van der Waals surface area contributed by atoms with Crippen LogP contribution in [0.15, 0.2) is 40.2 Å². The van der Waals surface area contributed by atoms with Crippen molar-refractivity contribution in [3.63, 3.8) is 0 Å². The number of nitrogens with zero attached hydrogens (tertiary/aromatic N) is 1. The number of rotatable bonds is 5. The Morgan fingerprint density at radius 3 is 2.85 bits per heavy atom. The van der Waals surface area contributed by atoms with Crippen LogP contribution in [-0.4, -0.2) is 16.2 Å². The Morgan fingerprint density at radius 2 is 2.15 bits per heavy atom. The van der Waals surface area contributed by atoms with Crippen molar-refractivity contribution in [1.29, 1.82) is 0 Å². The second-order valence-corrected chi connectivity index (χ2v) is 4.35. The topological polar surface area (TPSA) is 64.1 Å². The van der Waals surface area contributed by atoms with Gasteiger partial charge in [-0.15, -0.1) is 0 Å². The van der Waals surface area contributed by atoms with Gasteiger partial charge in [0.2, 0.25) is 5.43 Å². The quantitative estimate of drug-likeness (QED) is 0.901. The maximum atomic E-state index is 13.1. The highest BCUT2D eigenvalue weighted by Crippen LogP contribution is 2.04. The summed E-state index contributed by atoms with van der Waals surface area (Å²) >= 11 is 0. The van der Waals surface area contributed by atoms with Crippen LogP contribution in [0.1, 0.15) is 19.0 Å². The highest BCUT2D eigenvalue weighted by molar-refractivity contribution is 5.20. The average Bonchev–Trinajstić information content (AvgIpc) is 2.42. The molecule has 0 radical (unpaired) electrons. The van der Waals surface area contributed by atoms with E-state index in [2.05, 4.69) is 4.98 Å². The fourth-order valence-electron chi connectivity index (χ4n) is 1.73. The highest BCUT2D eigenvalue weighted by atomic mass is 19.1. The van der Waals surface area contributed by atoms with Crippen molar-refractivity contribution in [3.05, 3.63) is 62.7 Å². The van der Waals surface area contributed by atoms with Gasteiger partial charge in [0, 0.05) is 30.2 Å². The van der Waals surface area contributed by atoms with E-state index in [0.717, 1.165) is 24.8 Å². The summed E-state index contributed by atoms with van der Waals surface area (Å²) in [7, 11) is 0. The fraction of sp³-hybridized carbons (Fsp3) is 0.286. The molecule has 0 unspecified atom stereocenters. The molecule has 0 saturated heterocycles. The normalized spacial score (nSPS) is 10.5. The third-order valence-corrected chi connectivity index (χ3v) is 2.69. The minimum atomic E-state index is -0.505. The van der Waals surface area contributed by atoms with Gasteiger partial charge in [-0.25, -0.2) is 4.39 Å². The summed E-state index contributed by atoms with van der Waals surface area (Å²) in [4.78, 5) is 26.2. The smallest absolute Gasteiger partial charge is 0.251 e. The molecule has 5 nitrogen and oxygen atoms in total. The molecule has 0 saturated carbocycles. The minimum absolute atomic E-state index is 0.0971. The molecule has 0 aliphatic rings. The molecule has 6 heteroatoms. The Bertz CT molecular complexity index is 706. The number of pyridine rings is 2. The average molecular weight is 278 g/mol. The Labute approximate surface area is 114 Å². The van der Waals surface area contributed by atoms with Crippen molar-refractivity contribution >= 4 is 0 Å². The summed E-state index contributed by atoms with van der Waals surface area (Å²) in [5, 5.41) is 0. The Morgan fingerprint density at radius 1 is 1.35 bits per heavy atom. The Balaban J connectivity index is 2.22. The number of ether oxygens (including phenoxy) is 1. The zero-order valence-electron chi connectivity index (χ0n) is 11.1. The van der Waals surface area contributed by atoms with Crippen LogP contribution in [0.4, 0.5) is 4.39 Å². The molecule has 0 atom stereocenters. The molecule has 0 aliphatic carbocycles. The van der Waals surface area contributed by atoms with Gasteiger partial charge in [-0.2, -0.15) is 0 Å². The zero-order valence-corrected chi connectivity index (χ0v) is 11.1. The SMILES string of the molecule is CCCOc1c[nH]c(Cn2cc(F)ccc2=O)cc1=O. The summed E-state index contributed by atoms with van der Waals surface area (Å²) < 4.78 is 19.5. The summed E-state index contributed by atoms with van der Waals surface area (Å²) in [6, 6.07) is 3.60. The summed E-state index contributed by atoms with van der Waals surface area (Å²) in [5.74, 6) is -0.267. The predicted octanol–water partition coefficient (Wildman–Crippen LogP) is 1.51. The van der Waals surface area contributed by atoms with E-state index in [0.29, 0.717) is 12.3 Å². The first-order valence-corrected chi connectivity index (χ1v) is 6.30. The van der Waals surface area contributed by atoms with Gasteiger partial charge >= 0.3 is 0 Å². The second-order valence-electron chi connectivity index (χ2n) is 4.35. The molecule has 2 rings (SSSR count). The molecule has 0 amide bonds. The lowest BCUT2D eigenvalue weighted by molar-refractivity contribution is 0.313. The van der Waals surface area contributed by atoms with Crippen LogP contribution in [0.2, 0.25) is 0 Å². The van der Waals surface area contributed by atoms with Crippen LogP contribution in [0.25, 0.3) is 0 Å². The molecule has 2 aromatic heterocycles. The van der Waals surface area contributed by atoms with Gasteiger partial charge in [0.15, 0.2) is 5.75 Å². The van der Waals surface area contributed by atoms with Gasteiger partial charge in [0.25, 0.3) is 5.56 Å². The van der Waals surface area contributed by atoms with Crippen LogP contribution in [-0.2, 0) is 6.54 Å². The van der Waals surface area contributed by atoms with E-state index in [-0.39, 0.29) is 23.3 Å². The fourth-order valence-corrected chi connectivity index (χ4v) is 1.73. The number of nitrogens with one attached hydrogen (secondary N) is 1. The van der Waals surface area contributed by atoms with Crippen LogP contribution < -0.4 is 15.7 Å². The third kappa shape index (κ3) is 3.34. The lowest BCUT2D eigenvalue weighted by Gasteiger charge is -2.07. The molecule has 2 aromatic rings. The molecule has 20 heavy (non-hydrogen) atoms. The van der Waals surface area contributed by atoms with Crippen molar-refractivity contribution in [2.45, 2.75) is 19.9 Å². The van der Waals surface area contributed by atoms with E-state index in [1.165, 1.54) is 16.8 Å². The Kier molecular flexibility index (Phi) is 4.34. The van der Waals surface area contributed by atoms with E-state index in [1.807, 2.05) is 6.92 Å². The molecule has 1 N–H and O–H groups in total. The minimum Gasteiger partial charge on any atom is -0.488 e. The van der Waals surface area contributed by atoms with Crippen LogP contribution in [0.5, 0.6) is 5.75 Å². The van der Waals surface area contributed by atoms with Gasteiger partial charge in [-0.3, -0.25) is 9.59 Å². The van der Waals surface area contributed by atoms with Crippen LogP contribution in [0.3, 0.4) is 0 Å². The molecule has 0 bridgehead atoms. The Hall–Kier alpha value is -2.37. The van der Waals surface area contributed by atoms with Gasteiger partial charge in [0.1, 0.15) is 5.82 Å². The number of aromatic amines is 1. The number of aromatic nitrogens is 2. The van der Waals surface area contributed by atoms with Gasteiger partial charge in [0.05, 0.1) is 13.2 Å². The number of hydrogen-bond acceptors (Lipinski definition) is 3. The van der Waals surface area contributed by atoms with Crippen LogP contribution >= 0.6 is 0 Å². The van der Waals surface area contributed by atoms with Crippen molar-refractivity contribution in [2.75, 3.05) is 6.61 Å². The lowest BCUT2D eigenvalue weighted by Crippen LogP contribution is -2.21. The molecule has 2 heterocycles. The predicted molar refractivity (Wildman–Crippen MR) is 72.6 cm³/mol. The van der Waals surface area contributed by atoms with E-state index < -0.39 is 5.82 Å². The van der Waals surface area contributed by atoms with Gasteiger partial charge in [-0.1, -0.05) is 6.92 Å². The number of H-pyrrole nitrogens is 1. The molecule has 0 fully saturated rings. The molecular weight excluding hydrogens is 263 g/mol. The first kappa shape index (κ1) is 14.0. The first-order valence-electron chi connectivity index (χ1n) is 6.30. The van der Waals surface area contributed by atoms with Crippen LogP contribution in [0, 0.1) is 5.82 Å². The molecule has 0 aliphatic heterocycles.